The molecule has 7 nitrogen and oxygen atoms in total. The van der Waals surface area contributed by atoms with Crippen molar-refractivity contribution in [3.63, 3.8) is 0 Å². The number of aromatic nitrogens is 2. The van der Waals surface area contributed by atoms with Crippen LogP contribution in [0, 0.1) is 5.92 Å². The van der Waals surface area contributed by atoms with Gasteiger partial charge in [-0.25, -0.2) is 4.98 Å². The molecule has 0 aliphatic carbocycles. The Morgan fingerprint density at radius 3 is 2.71 bits per heavy atom. The van der Waals surface area contributed by atoms with Gasteiger partial charge in [-0.3, -0.25) is 0 Å². The highest BCUT2D eigenvalue weighted by Gasteiger charge is 2.09. The summed E-state index contributed by atoms with van der Waals surface area (Å²) in [6.07, 6.45) is 1.70. The van der Waals surface area contributed by atoms with Crippen molar-refractivity contribution in [1.82, 2.24) is 15.3 Å². The Bertz CT molecular complexity index is 651. The average molecular weight is 331 g/mol. The quantitative estimate of drug-likeness (QED) is 0.651. The molecule has 3 N–H and O–H groups in total. The van der Waals surface area contributed by atoms with E-state index in [0.29, 0.717) is 30.0 Å². The van der Waals surface area contributed by atoms with Crippen molar-refractivity contribution in [2.75, 3.05) is 45.0 Å². The van der Waals surface area contributed by atoms with Gasteiger partial charge in [-0.05, 0) is 25.2 Å². The summed E-state index contributed by atoms with van der Waals surface area (Å²) in [5, 5.41) is 9.30. The van der Waals surface area contributed by atoms with Gasteiger partial charge in [-0.1, -0.05) is 6.92 Å². The van der Waals surface area contributed by atoms with Gasteiger partial charge in [0.1, 0.15) is 5.82 Å². The molecule has 130 valence electrons. The van der Waals surface area contributed by atoms with Gasteiger partial charge < -0.3 is 25.4 Å². The number of hydrogen-bond acceptors (Lipinski definition) is 7. The molecule has 0 spiro atoms. The van der Waals surface area contributed by atoms with E-state index in [2.05, 4.69) is 32.8 Å². The maximum atomic E-state index is 5.91. The molecule has 0 bridgehead atoms. The minimum absolute atomic E-state index is 0.395. The average Bonchev–Trinajstić information content (AvgIpc) is 2.60. The van der Waals surface area contributed by atoms with Crippen LogP contribution in [0.5, 0.6) is 11.5 Å². The van der Waals surface area contributed by atoms with E-state index < -0.39 is 0 Å². The van der Waals surface area contributed by atoms with E-state index in [9.17, 15) is 0 Å². The molecule has 0 aliphatic heterocycles. The molecular formula is C17H25N5O2. The standard InChI is InChI=1S/C17H25N5O2/c1-12(10-18-2)11-24-15-9-13(5-6-14(15)23-4)21-17-20-8-7-16(19-3)22-17/h5-9,12,18H,10-11H2,1-4H3,(H2,19,20,21,22). The van der Waals surface area contributed by atoms with Gasteiger partial charge in [0.05, 0.1) is 13.7 Å². The lowest BCUT2D eigenvalue weighted by atomic mass is 10.2. The Balaban J connectivity index is 2.11. The summed E-state index contributed by atoms with van der Waals surface area (Å²) >= 11 is 0. The fourth-order valence-electron chi connectivity index (χ4n) is 2.19. The molecule has 24 heavy (non-hydrogen) atoms. The molecule has 2 aromatic rings. The number of nitrogens with one attached hydrogen (secondary N) is 3. The predicted octanol–water partition coefficient (Wildman–Crippen LogP) is 2.50. The van der Waals surface area contributed by atoms with Crippen molar-refractivity contribution in [3.05, 3.63) is 30.5 Å². The van der Waals surface area contributed by atoms with Gasteiger partial charge in [0.25, 0.3) is 0 Å². The van der Waals surface area contributed by atoms with Crippen LogP contribution in [0.2, 0.25) is 0 Å². The SMILES string of the molecule is CNCC(C)COc1cc(Nc2nccc(NC)n2)ccc1OC. The number of ether oxygens (including phenoxy) is 2. The molecule has 7 heteroatoms. The number of methoxy groups -OCH3 is 1. The van der Waals surface area contributed by atoms with Crippen LogP contribution in [-0.2, 0) is 0 Å². The summed E-state index contributed by atoms with van der Waals surface area (Å²) in [5.74, 6) is 3.05. The van der Waals surface area contributed by atoms with E-state index in [0.717, 1.165) is 18.1 Å². The van der Waals surface area contributed by atoms with Crippen LogP contribution in [-0.4, -0.2) is 44.3 Å². The molecule has 0 amide bonds. The summed E-state index contributed by atoms with van der Waals surface area (Å²) in [6, 6.07) is 7.46. The molecule has 1 aromatic carbocycles. The van der Waals surface area contributed by atoms with Gasteiger partial charge in [0.15, 0.2) is 11.5 Å². The first-order valence-corrected chi connectivity index (χ1v) is 7.89. The van der Waals surface area contributed by atoms with E-state index in [-0.39, 0.29) is 0 Å². The minimum Gasteiger partial charge on any atom is -0.493 e. The van der Waals surface area contributed by atoms with Gasteiger partial charge >= 0.3 is 0 Å². The van der Waals surface area contributed by atoms with E-state index in [1.54, 1.807) is 19.4 Å². The highest BCUT2D eigenvalue weighted by Crippen LogP contribution is 2.31. The Morgan fingerprint density at radius 1 is 1.17 bits per heavy atom. The first-order chi connectivity index (χ1) is 11.7. The lowest BCUT2D eigenvalue weighted by molar-refractivity contribution is 0.246. The normalized spacial score (nSPS) is 11.7. The molecule has 0 saturated carbocycles. The molecule has 1 heterocycles. The van der Waals surface area contributed by atoms with Crippen molar-refractivity contribution in [3.8, 4) is 11.5 Å². The zero-order valence-electron chi connectivity index (χ0n) is 14.6. The minimum atomic E-state index is 0.395. The summed E-state index contributed by atoms with van der Waals surface area (Å²) in [5.41, 5.74) is 0.834. The number of nitrogens with zero attached hydrogens (tertiary/aromatic N) is 2. The smallest absolute Gasteiger partial charge is 0.229 e. The molecule has 1 aromatic heterocycles. The van der Waals surface area contributed by atoms with E-state index in [4.69, 9.17) is 9.47 Å². The Morgan fingerprint density at radius 2 is 2.00 bits per heavy atom. The summed E-state index contributed by atoms with van der Waals surface area (Å²) in [4.78, 5) is 8.55. The number of rotatable bonds is 9. The lowest BCUT2D eigenvalue weighted by Crippen LogP contribution is -2.21. The van der Waals surface area contributed by atoms with Crippen molar-refractivity contribution in [2.24, 2.45) is 5.92 Å². The number of anilines is 3. The third kappa shape index (κ3) is 4.99. The topological polar surface area (TPSA) is 80.3 Å². The van der Waals surface area contributed by atoms with Crippen molar-refractivity contribution in [2.45, 2.75) is 6.92 Å². The second kappa shape index (κ2) is 8.93. The van der Waals surface area contributed by atoms with Crippen molar-refractivity contribution >= 4 is 17.5 Å². The van der Waals surface area contributed by atoms with Crippen LogP contribution in [0.4, 0.5) is 17.5 Å². The first kappa shape index (κ1) is 17.8. The monoisotopic (exact) mass is 331 g/mol. The van der Waals surface area contributed by atoms with Crippen LogP contribution in [0.3, 0.4) is 0 Å². The maximum Gasteiger partial charge on any atom is 0.229 e. The van der Waals surface area contributed by atoms with Crippen LogP contribution in [0.1, 0.15) is 6.92 Å². The second-order valence-corrected chi connectivity index (χ2v) is 5.48. The summed E-state index contributed by atoms with van der Waals surface area (Å²) in [7, 11) is 5.38. The Labute approximate surface area is 142 Å². The van der Waals surface area contributed by atoms with Crippen LogP contribution >= 0.6 is 0 Å². The second-order valence-electron chi connectivity index (χ2n) is 5.48. The molecule has 0 saturated heterocycles. The van der Waals surface area contributed by atoms with Crippen LogP contribution in [0.25, 0.3) is 0 Å². The van der Waals surface area contributed by atoms with E-state index in [1.807, 2.05) is 32.3 Å². The summed E-state index contributed by atoms with van der Waals surface area (Å²) in [6.45, 7) is 3.62. The van der Waals surface area contributed by atoms with Gasteiger partial charge in [-0.15, -0.1) is 0 Å². The molecule has 0 fully saturated rings. The third-order valence-electron chi connectivity index (χ3n) is 3.41. The first-order valence-electron chi connectivity index (χ1n) is 7.89. The Hall–Kier alpha value is -2.54. The van der Waals surface area contributed by atoms with Gasteiger partial charge in [0.2, 0.25) is 5.95 Å². The maximum absolute atomic E-state index is 5.91. The molecule has 2 rings (SSSR count). The molecule has 0 aliphatic rings. The third-order valence-corrected chi connectivity index (χ3v) is 3.41. The zero-order valence-corrected chi connectivity index (χ0v) is 14.6. The molecule has 1 unspecified atom stereocenters. The fourth-order valence-corrected chi connectivity index (χ4v) is 2.19. The zero-order chi connectivity index (χ0) is 17.4. The van der Waals surface area contributed by atoms with Crippen LogP contribution in [0.15, 0.2) is 30.5 Å². The highest BCUT2D eigenvalue weighted by atomic mass is 16.5. The highest BCUT2D eigenvalue weighted by molar-refractivity contribution is 5.60. The largest absolute Gasteiger partial charge is 0.493 e. The fraction of sp³-hybridized carbons (Fsp3) is 0.412. The van der Waals surface area contributed by atoms with Crippen molar-refractivity contribution in [1.29, 1.82) is 0 Å². The Kier molecular flexibility index (Phi) is 6.62. The van der Waals surface area contributed by atoms with E-state index in [1.165, 1.54) is 0 Å². The van der Waals surface area contributed by atoms with Gasteiger partial charge in [-0.2, -0.15) is 4.98 Å². The molecular weight excluding hydrogens is 306 g/mol. The van der Waals surface area contributed by atoms with Crippen molar-refractivity contribution < 1.29 is 9.47 Å². The molecule has 0 radical (unpaired) electrons. The predicted molar refractivity (Wildman–Crippen MR) is 96.4 cm³/mol. The van der Waals surface area contributed by atoms with E-state index >= 15 is 0 Å². The summed E-state index contributed by atoms with van der Waals surface area (Å²) < 4.78 is 11.3. The number of hydrogen-bond donors (Lipinski definition) is 3. The molecule has 1 atom stereocenters. The number of benzene rings is 1. The van der Waals surface area contributed by atoms with Gasteiger partial charge in [0, 0.05) is 37.5 Å². The van der Waals surface area contributed by atoms with Crippen LogP contribution < -0.4 is 25.4 Å². The lowest BCUT2D eigenvalue weighted by Gasteiger charge is -2.16.